The van der Waals surface area contributed by atoms with Crippen LogP contribution in [0.15, 0.2) is 54.7 Å². The van der Waals surface area contributed by atoms with Crippen molar-refractivity contribution in [2.75, 3.05) is 7.11 Å². The maximum atomic E-state index is 12.7. The Balaban J connectivity index is 1.78. The fraction of sp³-hybridized carbons (Fsp3) is 0.286. The van der Waals surface area contributed by atoms with E-state index < -0.39 is 11.7 Å². The third kappa shape index (κ3) is 4.32. The van der Waals surface area contributed by atoms with Gasteiger partial charge in [-0.05, 0) is 66.8 Å². The Morgan fingerprint density at radius 3 is 2.22 bits per heavy atom. The maximum Gasteiger partial charge on any atom is 0.416 e. The smallest absolute Gasteiger partial charge is 0.416 e. The summed E-state index contributed by atoms with van der Waals surface area (Å²) < 4.78 is 45.0. The first-order chi connectivity index (χ1) is 12.8. The number of benzene rings is 2. The van der Waals surface area contributed by atoms with Crippen LogP contribution in [0.5, 0.6) is 5.75 Å². The van der Waals surface area contributed by atoms with Gasteiger partial charge in [-0.3, -0.25) is 0 Å². The van der Waals surface area contributed by atoms with Crippen LogP contribution in [0.4, 0.5) is 13.2 Å². The van der Waals surface area contributed by atoms with Gasteiger partial charge in [0.15, 0.2) is 0 Å². The summed E-state index contributed by atoms with van der Waals surface area (Å²) in [5.74, 6) is 1.04. The molecule has 1 heterocycles. The molecule has 0 amide bonds. The van der Waals surface area contributed by atoms with Gasteiger partial charge in [0.25, 0.3) is 0 Å². The molecule has 27 heavy (non-hydrogen) atoms. The molecule has 6 heteroatoms. The van der Waals surface area contributed by atoms with Crippen molar-refractivity contribution in [1.82, 2.24) is 9.78 Å². The molecular weight excluding hydrogens is 353 g/mol. The van der Waals surface area contributed by atoms with Crippen molar-refractivity contribution in [2.45, 2.75) is 32.4 Å². The van der Waals surface area contributed by atoms with Crippen molar-refractivity contribution in [2.24, 2.45) is 0 Å². The van der Waals surface area contributed by atoms with Gasteiger partial charge in [-0.25, -0.2) is 4.68 Å². The van der Waals surface area contributed by atoms with E-state index in [4.69, 9.17) is 4.74 Å². The summed E-state index contributed by atoms with van der Waals surface area (Å²) in [6, 6.07) is 13.0. The molecule has 0 aliphatic carbocycles. The Morgan fingerprint density at radius 1 is 1.04 bits per heavy atom. The molecule has 142 valence electrons. The van der Waals surface area contributed by atoms with Crippen molar-refractivity contribution in [3.63, 3.8) is 0 Å². The predicted molar refractivity (Wildman–Crippen MR) is 98.4 cm³/mol. The van der Waals surface area contributed by atoms with E-state index in [9.17, 15) is 13.2 Å². The van der Waals surface area contributed by atoms with Gasteiger partial charge in [0, 0.05) is 6.20 Å². The third-order valence-corrected chi connectivity index (χ3v) is 4.63. The number of aromatic nitrogens is 2. The molecule has 0 spiro atoms. The number of ether oxygens (including phenoxy) is 1. The SMILES string of the molecule is COc1ccc(CC(C)c2cn(-c3ccc(C(F)(F)F)cc3)nc2C)cc1. The molecule has 0 radical (unpaired) electrons. The highest BCUT2D eigenvalue weighted by molar-refractivity contribution is 5.37. The average molecular weight is 374 g/mol. The lowest BCUT2D eigenvalue weighted by Crippen LogP contribution is -2.05. The lowest BCUT2D eigenvalue weighted by Gasteiger charge is -2.11. The number of nitrogens with zero attached hydrogens (tertiary/aromatic N) is 2. The minimum atomic E-state index is -4.34. The summed E-state index contributed by atoms with van der Waals surface area (Å²) >= 11 is 0. The average Bonchev–Trinajstić information content (AvgIpc) is 3.03. The van der Waals surface area contributed by atoms with E-state index >= 15 is 0 Å². The Morgan fingerprint density at radius 2 is 1.67 bits per heavy atom. The minimum absolute atomic E-state index is 0.224. The summed E-state index contributed by atoms with van der Waals surface area (Å²) in [6.07, 6.45) is -1.60. The molecule has 1 unspecified atom stereocenters. The van der Waals surface area contributed by atoms with Crippen LogP contribution in [-0.4, -0.2) is 16.9 Å². The fourth-order valence-corrected chi connectivity index (χ4v) is 3.12. The molecule has 1 atom stereocenters. The highest BCUT2D eigenvalue weighted by atomic mass is 19.4. The second-order valence-electron chi connectivity index (χ2n) is 6.61. The summed E-state index contributed by atoms with van der Waals surface area (Å²) in [5, 5.41) is 4.48. The number of rotatable bonds is 5. The van der Waals surface area contributed by atoms with Gasteiger partial charge in [-0.1, -0.05) is 19.1 Å². The van der Waals surface area contributed by atoms with E-state index in [1.807, 2.05) is 37.4 Å². The normalized spacial score (nSPS) is 12.8. The van der Waals surface area contributed by atoms with Gasteiger partial charge in [0.05, 0.1) is 24.1 Å². The van der Waals surface area contributed by atoms with Crippen molar-refractivity contribution < 1.29 is 17.9 Å². The Kier molecular flexibility index (Phi) is 5.26. The summed E-state index contributed by atoms with van der Waals surface area (Å²) in [6.45, 7) is 4.03. The summed E-state index contributed by atoms with van der Waals surface area (Å²) in [5.41, 5.74) is 3.07. The van der Waals surface area contributed by atoms with Crippen LogP contribution in [0.3, 0.4) is 0 Å². The van der Waals surface area contributed by atoms with Crippen molar-refractivity contribution in [3.05, 3.63) is 77.1 Å². The molecule has 3 nitrogen and oxygen atoms in total. The fourth-order valence-electron chi connectivity index (χ4n) is 3.12. The van der Waals surface area contributed by atoms with E-state index in [0.29, 0.717) is 5.69 Å². The zero-order valence-electron chi connectivity index (χ0n) is 15.4. The van der Waals surface area contributed by atoms with E-state index in [1.54, 1.807) is 11.8 Å². The molecular formula is C21H21F3N2O. The summed E-state index contributed by atoms with van der Waals surface area (Å²) in [4.78, 5) is 0. The second-order valence-corrected chi connectivity index (χ2v) is 6.61. The van der Waals surface area contributed by atoms with Gasteiger partial charge in [0.2, 0.25) is 0 Å². The number of hydrogen-bond acceptors (Lipinski definition) is 2. The second kappa shape index (κ2) is 7.47. The zero-order chi connectivity index (χ0) is 19.6. The van der Waals surface area contributed by atoms with Gasteiger partial charge in [0.1, 0.15) is 5.75 Å². The first-order valence-electron chi connectivity index (χ1n) is 8.64. The largest absolute Gasteiger partial charge is 0.497 e. The Bertz CT molecular complexity index is 897. The minimum Gasteiger partial charge on any atom is -0.497 e. The number of hydrogen-bond donors (Lipinski definition) is 0. The molecule has 0 saturated heterocycles. The van der Waals surface area contributed by atoms with Crippen LogP contribution in [0.25, 0.3) is 5.69 Å². The molecule has 2 aromatic carbocycles. The number of halogens is 3. The molecule has 1 aromatic heterocycles. The van der Waals surface area contributed by atoms with E-state index in [2.05, 4.69) is 12.0 Å². The lowest BCUT2D eigenvalue weighted by atomic mass is 9.94. The van der Waals surface area contributed by atoms with E-state index in [-0.39, 0.29) is 5.92 Å². The highest BCUT2D eigenvalue weighted by Crippen LogP contribution is 2.30. The van der Waals surface area contributed by atoms with Crippen LogP contribution < -0.4 is 4.74 Å². The number of alkyl halides is 3. The maximum absolute atomic E-state index is 12.7. The standard InChI is InChI=1S/C21H21F3N2O/c1-14(12-16-4-10-19(27-3)11-5-16)20-13-26(25-15(20)2)18-8-6-17(7-9-18)21(22,23)24/h4-11,13-14H,12H2,1-3H3. The van der Waals surface area contributed by atoms with Crippen LogP contribution in [-0.2, 0) is 12.6 Å². The first kappa shape index (κ1) is 19.0. The molecule has 3 rings (SSSR count). The molecule has 0 saturated carbocycles. The third-order valence-electron chi connectivity index (χ3n) is 4.63. The quantitative estimate of drug-likeness (QED) is 0.585. The van der Waals surface area contributed by atoms with Gasteiger partial charge < -0.3 is 4.74 Å². The zero-order valence-corrected chi connectivity index (χ0v) is 15.4. The number of methoxy groups -OCH3 is 1. The Hall–Kier alpha value is -2.76. The molecule has 3 aromatic rings. The Labute approximate surface area is 156 Å². The van der Waals surface area contributed by atoms with Crippen LogP contribution >= 0.6 is 0 Å². The van der Waals surface area contributed by atoms with Crippen LogP contribution in [0.1, 0.15) is 35.2 Å². The van der Waals surface area contributed by atoms with Gasteiger partial charge in [-0.2, -0.15) is 18.3 Å². The topological polar surface area (TPSA) is 27.1 Å². The van der Waals surface area contributed by atoms with Crippen molar-refractivity contribution in [1.29, 1.82) is 0 Å². The highest BCUT2D eigenvalue weighted by Gasteiger charge is 2.30. The molecule has 0 fully saturated rings. The number of aryl methyl sites for hydroxylation is 1. The first-order valence-corrected chi connectivity index (χ1v) is 8.64. The molecule has 0 aliphatic rings. The van der Waals surface area contributed by atoms with Crippen molar-refractivity contribution >= 4 is 0 Å². The molecule has 0 N–H and O–H groups in total. The molecule has 0 bridgehead atoms. The monoisotopic (exact) mass is 374 g/mol. The van der Waals surface area contributed by atoms with Crippen LogP contribution in [0, 0.1) is 6.92 Å². The predicted octanol–water partition coefficient (Wildman–Crippen LogP) is 5.55. The summed E-state index contributed by atoms with van der Waals surface area (Å²) in [7, 11) is 1.64. The van der Waals surface area contributed by atoms with E-state index in [1.165, 1.54) is 17.7 Å². The van der Waals surface area contributed by atoms with E-state index in [0.717, 1.165) is 35.6 Å². The van der Waals surface area contributed by atoms with Gasteiger partial charge in [-0.15, -0.1) is 0 Å². The van der Waals surface area contributed by atoms with Crippen molar-refractivity contribution in [3.8, 4) is 11.4 Å². The lowest BCUT2D eigenvalue weighted by molar-refractivity contribution is -0.137. The molecule has 0 aliphatic heterocycles. The van der Waals surface area contributed by atoms with Gasteiger partial charge >= 0.3 is 6.18 Å². The van der Waals surface area contributed by atoms with Crippen LogP contribution in [0.2, 0.25) is 0 Å².